The first-order chi connectivity index (χ1) is 10.3. The Bertz CT molecular complexity index is 512. The van der Waals surface area contributed by atoms with E-state index in [2.05, 4.69) is 41.2 Å². The molecule has 1 aromatic carbocycles. The van der Waals surface area contributed by atoms with Gasteiger partial charge in [-0.05, 0) is 42.7 Å². The fourth-order valence-electron chi connectivity index (χ4n) is 4.00. The van der Waals surface area contributed by atoms with Crippen molar-refractivity contribution in [1.82, 2.24) is 4.90 Å². The van der Waals surface area contributed by atoms with Crippen LogP contribution in [-0.4, -0.2) is 35.5 Å². The maximum absolute atomic E-state index is 9.10. The SMILES string of the molecule is CCC1CN(CC2CCCc3ccccc32)CC/C1=N\O. The molecule has 1 N–H and O–H groups in total. The molecule has 3 heteroatoms. The third-order valence-corrected chi connectivity index (χ3v) is 5.23. The van der Waals surface area contributed by atoms with Crippen LogP contribution in [0.25, 0.3) is 0 Å². The molecule has 1 aliphatic carbocycles. The number of benzene rings is 1. The molecular formula is C18H26N2O. The Morgan fingerprint density at radius 1 is 1.24 bits per heavy atom. The highest BCUT2D eigenvalue weighted by atomic mass is 16.4. The summed E-state index contributed by atoms with van der Waals surface area (Å²) in [4.78, 5) is 2.58. The normalized spacial score (nSPS) is 28.5. The summed E-state index contributed by atoms with van der Waals surface area (Å²) in [6, 6.07) is 8.96. The van der Waals surface area contributed by atoms with Crippen molar-refractivity contribution in [3.05, 3.63) is 35.4 Å². The van der Waals surface area contributed by atoms with E-state index >= 15 is 0 Å². The number of aryl methyl sites for hydroxylation is 1. The molecule has 1 aromatic rings. The molecule has 0 aromatic heterocycles. The van der Waals surface area contributed by atoms with Crippen LogP contribution in [0.15, 0.2) is 29.4 Å². The lowest BCUT2D eigenvalue weighted by molar-refractivity contribution is 0.210. The van der Waals surface area contributed by atoms with Crippen LogP contribution in [0.5, 0.6) is 0 Å². The molecular weight excluding hydrogens is 260 g/mol. The van der Waals surface area contributed by atoms with E-state index in [0.717, 1.165) is 38.2 Å². The minimum atomic E-state index is 0.433. The Morgan fingerprint density at radius 2 is 2.10 bits per heavy atom. The minimum absolute atomic E-state index is 0.433. The Kier molecular flexibility index (Phi) is 4.59. The van der Waals surface area contributed by atoms with E-state index in [1.165, 1.54) is 19.3 Å². The summed E-state index contributed by atoms with van der Waals surface area (Å²) in [5, 5.41) is 12.6. The molecule has 1 aliphatic heterocycles. The topological polar surface area (TPSA) is 35.8 Å². The van der Waals surface area contributed by atoms with E-state index in [0.29, 0.717) is 11.8 Å². The predicted octanol–water partition coefficient (Wildman–Crippen LogP) is 3.67. The molecule has 1 saturated heterocycles. The molecule has 0 saturated carbocycles. The summed E-state index contributed by atoms with van der Waals surface area (Å²) in [5.41, 5.74) is 4.12. The first-order valence-corrected chi connectivity index (χ1v) is 8.32. The second-order valence-electron chi connectivity index (χ2n) is 6.49. The van der Waals surface area contributed by atoms with E-state index in [4.69, 9.17) is 5.21 Å². The van der Waals surface area contributed by atoms with Gasteiger partial charge < -0.3 is 10.1 Å². The van der Waals surface area contributed by atoms with E-state index < -0.39 is 0 Å². The van der Waals surface area contributed by atoms with Gasteiger partial charge in [0.1, 0.15) is 0 Å². The van der Waals surface area contributed by atoms with E-state index in [9.17, 15) is 0 Å². The Hall–Kier alpha value is -1.35. The number of likely N-dealkylation sites (tertiary alicyclic amines) is 1. The van der Waals surface area contributed by atoms with Gasteiger partial charge in [0.2, 0.25) is 0 Å². The van der Waals surface area contributed by atoms with Gasteiger partial charge in [0.15, 0.2) is 0 Å². The molecule has 3 nitrogen and oxygen atoms in total. The summed E-state index contributed by atoms with van der Waals surface area (Å²) in [6.45, 7) is 5.44. The fraction of sp³-hybridized carbons (Fsp3) is 0.611. The average molecular weight is 286 g/mol. The highest BCUT2D eigenvalue weighted by Gasteiger charge is 2.28. The molecule has 114 valence electrons. The highest BCUT2D eigenvalue weighted by Crippen LogP contribution is 2.33. The Morgan fingerprint density at radius 3 is 2.90 bits per heavy atom. The number of fused-ring (bicyclic) bond motifs is 1. The van der Waals surface area contributed by atoms with Crippen LogP contribution in [0.4, 0.5) is 0 Å². The predicted molar refractivity (Wildman–Crippen MR) is 86.2 cm³/mol. The Balaban J connectivity index is 1.68. The lowest BCUT2D eigenvalue weighted by atomic mass is 9.82. The van der Waals surface area contributed by atoms with E-state index in [-0.39, 0.29) is 0 Å². The maximum atomic E-state index is 9.10. The molecule has 3 rings (SSSR count). The van der Waals surface area contributed by atoms with Crippen LogP contribution >= 0.6 is 0 Å². The number of hydrogen-bond donors (Lipinski definition) is 1. The molecule has 0 bridgehead atoms. The molecule has 1 fully saturated rings. The molecule has 2 unspecified atom stereocenters. The van der Waals surface area contributed by atoms with Crippen molar-refractivity contribution in [2.45, 2.75) is 44.9 Å². The summed E-state index contributed by atoms with van der Waals surface area (Å²) in [6.07, 6.45) is 5.85. The van der Waals surface area contributed by atoms with Crippen molar-refractivity contribution in [2.75, 3.05) is 19.6 Å². The summed E-state index contributed by atoms with van der Waals surface area (Å²) < 4.78 is 0. The summed E-state index contributed by atoms with van der Waals surface area (Å²) >= 11 is 0. The quantitative estimate of drug-likeness (QED) is 0.680. The van der Waals surface area contributed by atoms with Crippen molar-refractivity contribution in [2.24, 2.45) is 11.1 Å². The van der Waals surface area contributed by atoms with E-state index in [1.54, 1.807) is 11.1 Å². The smallest absolute Gasteiger partial charge is 0.0627 e. The third-order valence-electron chi connectivity index (χ3n) is 5.23. The summed E-state index contributed by atoms with van der Waals surface area (Å²) in [5.74, 6) is 1.11. The number of hydrogen-bond acceptors (Lipinski definition) is 3. The van der Waals surface area contributed by atoms with Crippen molar-refractivity contribution < 1.29 is 5.21 Å². The van der Waals surface area contributed by atoms with Crippen molar-refractivity contribution in [1.29, 1.82) is 0 Å². The second-order valence-corrected chi connectivity index (χ2v) is 6.49. The van der Waals surface area contributed by atoms with Gasteiger partial charge in [0.05, 0.1) is 5.71 Å². The zero-order valence-corrected chi connectivity index (χ0v) is 13.0. The van der Waals surface area contributed by atoms with Gasteiger partial charge in [0.25, 0.3) is 0 Å². The van der Waals surface area contributed by atoms with Crippen LogP contribution < -0.4 is 0 Å². The van der Waals surface area contributed by atoms with Crippen molar-refractivity contribution in [3.63, 3.8) is 0 Å². The van der Waals surface area contributed by atoms with Gasteiger partial charge >= 0.3 is 0 Å². The minimum Gasteiger partial charge on any atom is -0.411 e. The van der Waals surface area contributed by atoms with Gasteiger partial charge in [-0.1, -0.05) is 36.3 Å². The second kappa shape index (κ2) is 6.61. The number of oxime groups is 1. The van der Waals surface area contributed by atoms with Gasteiger partial charge in [-0.25, -0.2) is 0 Å². The highest BCUT2D eigenvalue weighted by molar-refractivity contribution is 5.87. The van der Waals surface area contributed by atoms with Crippen LogP contribution in [0.1, 0.15) is 49.7 Å². The molecule has 0 amide bonds. The van der Waals surface area contributed by atoms with Crippen molar-refractivity contribution in [3.8, 4) is 0 Å². The van der Waals surface area contributed by atoms with Gasteiger partial charge in [-0.15, -0.1) is 0 Å². The lowest BCUT2D eigenvalue weighted by Gasteiger charge is -2.36. The molecule has 2 atom stereocenters. The van der Waals surface area contributed by atoms with Gasteiger partial charge in [0, 0.05) is 32.0 Å². The first kappa shape index (κ1) is 14.6. The molecule has 2 aliphatic rings. The standard InChI is InChI=1S/C18H26N2O/c1-2-14-12-20(11-10-18(14)19-21)13-16-8-5-7-15-6-3-4-9-17(15)16/h3-4,6,9,14,16,21H,2,5,7-8,10-13H2,1H3/b19-18+. The van der Waals surface area contributed by atoms with Crippen molar-refractivity contribution >= 4 is 5.71 Å². The number of nitrogens with zero attached hydrogens (tertiary/aromatic N) is 2. The fourth-order valence-corrected chi connectivity index (χ4v) is 4.00. The average Bonchev–Trinajstić information content (AvgIpc) is 2.55. The van der Waals surface area contributed by atoms with Gasteiger partial charge in [-0.3, -0.25) is 0 Å². The van der Waals surface area contributed by atoms with Crippen LogP contribution in [-0.2, 0) is 6.42 Å². The summed E-state index contributed by atoms with van der Waals surface area (Å²) in [7, 11) is 0. The number of rotatable bonds is 3. The van der Waals surface area contributed by atoms with E-state index in [1.807, 2.05) is 0 Å². The zero-order chi connectivity index (χ0) is 14.7. The first-order valence-electron chi connectivity index (χ1n) is 8.32. The third kappa shape index (κ3) is 3.13. The number of piperidine rings is 1. The monoisotopic (exact) mass is 286 g/mol. The molecule has 0 spiro atoms. The van der Waals surface area contributed by atoms with Crippen LogP contribution in [0, 0.1) is 5.92 Å². The molecule has 0 radical (unpaired) electrons. The maximum Gasteiger partial charge on any atom is 0.0627 e. The molecule has 21 heavy (non-hydrogen) atoms. The Labute approximate surface area is 127 Å². The molecule has 1 heterocycles. The zero-order valence-electron chi connectivity index (χ0n) is 13.0. The van der Waals surface area contributed by atoms with Crippen LogP contribution in [0.3, 0.4) is 0 Å². The largest absolute Gasteiger partial charge is 0.411 e. The lowest BCUT2D eigenvalue weighted by Crippen LogP contribution is -2.42. The van der Waals surface area contributed by atoms with Gasteiger partial charge in [-0.2, -0.15) is 0 Å². The van der Waals surface area contributed by atoms with Crippen LogP contribution in [0.2, 0.25) is 0 Å².